The third-order valence-corrected chi connectivity index (χ3v) is 4.44. The Morgan fingerprint density at radius 3 is 2.24 bits per heavy atom. The van der Waals surface area contributed by atoms with Crippen LogP contribution in [-0.2, 0) is 13.1 Å². The third-order valence-electron chi connectivity index (χ3n) is 4.44. The lowest BCUT2D eigenvalue weighted by atomic mass is 10.1. The molecule has 2 amide bonds. The maximum atomic E-state index is 14.3. The molecule has 0 aliphatic carbocycles. The molecule has 3 rings (SSSR count). The van der Waals surface area contributed by atoms with Gasteiger partial charge in [-0.2, -0.15) is 0 Å². The Labute approximate surface area is 146 Å². The SMILES string of the molecule is COc1cc(F)c(C(C)NC(=O)N2Cc3ccccc3C2)cc1OC. The number of amides is 2. The summed E-state index contributed by atoms with van der Waals surface area (Å²) in [5.41, 5.74) is 2.63. The first-order valence-electron chi connectivity index (χ1n) is 8.07. The topological polar surface area (TPSA) is 50.8 Å². The van der Waals surface area contributed by atoms with Gasteiger partial charge in [-0.1, -0.05) is 24.3 Å². The van der Waals surface area contributed by atoms with E-state index in [0.717, 1.165) is 11.1 Å². The van der Waals surface area contributed by atoms with Crippen LogP contribution in [0.3, 0.4) is 0 Å². The number of nitrogens with one attached hydrogen (secondary N) is 1. The third kappa shape index (κ3) is 3.38. The number of benzene rings is 2. The molecular weight excluding hydrogens is 323 g/mol. The highest BCUT2D eigenvalue weighted by Gasteiger charge is 2.25. The molecule has 132 valence electrons. The summed E-state index contributed by atoms with van der Waals surface area (Å²) in [6.07, 6.45) is 0. The monoisotopic (exact) mass is 344 g/mol. The van der Waals surface area contributed by atoms with E-state index in [9.17, 15) is 9.18 Å². The zero-order valence-corrected chi connectivity index (χ0v) is 14.5. The van der Waals surface area contributed by atoms with Crippen LogP contribution in [0.2, 0.25) is 0 Å². The number of hydrogen-bond acceptors (Lipinski definition) is 3. The lowest BCUT2D eigenvalue weighted by Crippen LogP contribution is -2.38. The van der Waals surface area contributed by atoms with Crippen molar-refractivity contribution in [2.24, 2.45) is 0 Å². The fraction of sp³-hybridized carbons (Fsp3) is 0.316. The van der Waals surface area contributed by atoms with E-state index in [-0.39, 0.29) is 6.03 Å². The molecule has 0 fully saturated rings. The van der Waals surface area contributed by atoms with Gasteiger partial charge >= 0.3 is 6.03 Å². The van der Waals surface area contributed by atoms with Crippen molar-refractivity contribution in [3.63, 3.8) is 0 Å². The van der Waals surface area contributed by atoms with Crippen LogP contribution in [-0.4, -0.2) is 25.2 Å². The van der Waals surface area contributed by atoms with Crippen LogP contribution in [0.5, 0.6) is 11.5 Å². The molecule has 0 aromatic heterocycles. The predicted molar refractivity (Wildman–Crippen MR) is 92.1 cm³/mol. The number of halogens is 1. The number of fused-ring (bicyclic) bond motifs is 1. The molecular formula is C19H21FN2O3. The number of methoxy groups -OCH3 is 2. The van der Waals surface area contributed by atoms with Crippen molar-refractivity contribution in [2.75, 3.05) is 14.2 Å². The smallest absolute Gasteiger partial charge is 0.318 e. The number of rotatable bonds is 4. The van der Waals surface area contributed by atoms with Crippen molar-refractivity contribution in [1.82, 2.24) is 10.2 Å². The lowest BCUT2D eigenvalue weighted by Gasteiger charge is -2.22. The van der Waals surface area contributed by atoms with Gasteiger partial charge in [0.25, 0.3) is 0 Å². The zero-order chi connectivity index (χ0) is 18.0. The van der Waals surface area contributed by atoms with Crippen molar-refractivity contribution in [1.29, 1.82) is 0 Å². The summed E-state index contributed by atoms with van der Waals surface area (Å²) in [4.78, 5) is 14.2. The van der Waals surface area contributed by atoms with Crippen LogP contribution in [0.15, 0.2) is 36.4 Å². The molecule has 0 radical (unpaired) electrons. The average molecular weight is 344 g/mol. The summed E-state index contributed by atoms with van der Waals surface area (Å²) in [6, 6.07) is 10.0. The van der Waals surface area contributed by atoms with Crippen molar-refractivity contribution < 1.29 is 18.7 Å². The van der Waals surface area contributed by atoms with E-state index in [1.807, 2.05) is 24.3 Å². The summed E-state index contributed by atoms with van der Waals surface area (Å²) < 4.78 is 24.6. The minimum atomic E-state index is -0.504. The van der Waals surface area contributed by atoms with Crippen molar-refractivity contribution >= 4 is 6.03 Å². The standard InChI is InChI=1S/C19H21FN2O3/c1-12(15-8-17(24-2)18(25-3)9-16(15)20)21-19(23)22-10-13-6-4-5-7-14(13)11-22/h4-9,12H,10-11H2,1-3H3,(H,21,23). The van der Waals surface area contributed by atoms with Gasteiger partial charge in [-0.3, -0.25) is 0 Å². The van der Waals surface area contributed by atoms with Crippen molar-refractivity contribution in [3.05, 3.63) is 58.9 Å². The summed E-state index contributed by atoms with van der Waals surface area (Å²) in [5, 5.41) is 2.85. The van der Waals surface area contributed by atoms with Crippen LogP contribution >= 0.6 is 0 Å². The molecule has 0 saturated carbocycles. The van der Waals surface area contributed by atoms with E-state index >= 15 is 0 Å². The minimum absolute atomic E-state index is 0.224. The van der Waals surface area contributed by atoms with Gasteiger partial charge in [0.15, 0.2) is 11.5 Å². The molecule has 0 saturated heterocycles. The summed E-state index contributed by atoms with van der Waals surface area (Å²) >= 11 is 0. The molecule has 5 nitrogen and oxygen atoms in total. The van der Waals surface area contributed by atoms with Crippen LogP contribution in [0.25, 0.3) is 0 Å². The van der Waals surface area contributed by atoms with Gasteiger partial charge in [0.1, 0.15) is 5.82 Å². The molecule has 0 bridgehead atoms. The van der Waals surface area contributed by atoms with Crippen LogP contribution in [0, 0.1) is 5.82 Å². The maximum Gasteiger partial charge on any atom is 0.318 e. The van der Waals surface area contributed by atoms with E-state index in [1.165, 1.54) is 20.3 Å². The van der Waals surface area contributed by atoms with E-state index < -0.39 is 11.9 Å². The van der Waals surface area contributed by atoms with Gasteiger partial charge in [-0.05, 0) is 24.1 Å². The van der Waals surface area contributed by atoms with Gasteiger partial charge in [-0.15, -0.1) is 0 Å². The molecule has 1 aliphatic heterocycles. The Hall–Kier alpha value is -2.76. The Balaban J connectivity index is 1.72. The average Bonchev–Trinajstić information content (AvgIpc) is 3.05. The van der Waals surface area contributed by atoms with E-state index in [2.05, 4.69) is 5.32 Å². The van der Waals surface area contributed by atoms with Crippen molar-refractivity contribution in [2.45, 2.75) is 26.1 Å². The zero-order valence-electron chi connectivity index (χ0n) is 14.5. The summed E-state index contributed by atoms with van der Waals surface area (Å²) in [5.74, 6) is 0.293. The fourth-order valence-electron chi connectivity index (χ4n) is 3.03. The van der Waals surface area contributed by atoms with Gasteiger partial charge in [-0.25, -0.2) is 9.18 Å². The first kappa shape index (κ1) is 17.1. The molecule has 1 atom stereocenters. The Bertz CT molecular complexity index is 769. The number of ether oxygens (including phenoxy) is 2. The van der Waals surface area contributed by atoms with Gasteiger partial charge in [0, 0.05) is 24.7 Å². The molecule has 6 heteroatoms. The van der Waals surface area contributed by atoms with Gasteiger partial charge < -0.3 is 19.7 Å². The number of hydrogen-bond donors (Lipinski definition) is 1. The highest BCUT2D eigenvalue weighted by Crippen LogP contribution is 2.32. The van der Waals surface area contributed by atoms with Crippen LogP contribution in [0.1, 0.15) is 29.7 Å². The number of carbonyl (C=O) groups is 1. The highest BCUT2D eigenvalue weighted by molar-refractivity contribution is 5.75. The van der Waals surface area contributed by atoms with Crippen molar-refractivity contribution in [3.8, 4) is 11.5 Å². The van der Waals surface area contributed by atoms with E-state index in [4.69, 9.17) is 9.47 Å². The second-order valence-electron chi connectivity index (χ2n) is 6.02. The predicted octanol–water partition coefficient (Wildman–Crippen LogP) is 3.63. The Kier molecular flexibility index (Phi) is 4.79. The normalized spacial score (nSPS) is 14.0. The number of carbonyl (C=O) groups excluding carboxylic acids is 1. The largest absolute Gasteiger partial charge is 0.493 e. The molecule has 1 unspecified atom stereocenters. The quantitative estimate of drug-likeness (QED) is 0.921. The first-order valence-corrected chi connectivity index (χ1v) is 8.07. The number of nitrogens with zero attached hydrogens (tertiary/aromatic N) is 1. The molecule has 1 heterocycles. The van der Waals surface area contributed by atoms with Gasteiger partial charge in [0.2, 0.25) is 0 Å². The lowest BCUT2D eigenvalue weighted by molar-refractivity contribution is 0.195. The molecule has 25 heavy (non-hydrogen) atoms. The molecule has 2 aromatic rings. The fourth-order valence-corrected chi connectivity index (χ4v) is 3.03. The highest BCUT2D eigenvalue weighted by atomic mass is 19.1. The number of urea groups is 1. The summed E-state index contributed by atoms with van der Waals surface area (Å²) in [6.45, 7) is 2.86. The first-order chi connectivity index (χ1) is 12.0. The Morgan fingerprint density at radius 1 is 1.12 bits per heavy atom. The molecule has 0 spiro atoms. The molecule has 1 N–H and O–H groups in total. The Morgan fingerprint density at radius 2 is 1.68 bits per heavy atom. The minimum Gasteiger partial charge on any atom is -0.493 e. The van der Waals surface area contributed by atoms with Crippen LogP contribution < -0.4 is 14.8 Å². The maximum absolute atomic E-state index is 14.3. The molecule has 2 aromatic carbocycles. The second-order valence-corrected chi connectivity index (χ2v) is 6.02. The molecule has 1 aliphatic rings. The second kappa shape index (κ2) is 7.01. The van der Waals surface area contributed by atoms with Gasteiger partial charge in [0.05, 0.1) is 20.3 Å². The van der Waals surface area contributed by atoms with Crippen LogP contribution in [0.4, 0.5) is 9.18 Å². The van der Waals surface area contributed by atoms with E-state index in [0.29, 0.717) is 30.2 Å². The summed E-state index contributed by atoms with van der Waals surface area (Å²) in [7, 11) is 2.94. The van der Waals surface area contributed by atoms with E-state index in [1.54, 1.807) is 17.9 Å².